The lowest BCUT2D eigenvalue weighted by Crippen LogP contribution is -2.46. The Morgan fingerprint density at radius 1 is 1.42 bits per heavy atom. The summed E-state index contributed by atoms with van der Waals surface area (Å²) in [7, 11) is -3.11. The Balaban J connectivity index is 0.00000324. The molecule has 0 saturated carbocycles. The number of halogens is 1. The maximum absolute atomic E-state index is 11.9. The molecule has 1 fully saturated rings. The highest BCUT2D eigenvalue weighted by Crippen LogP contribution is 2.10. The van der Waals surface area contributed by atoms with Crippen LogP contribution in [0.3, 0.4) is 0 Å². The van der Waals surface area contributed by atoms with E-state index in [-0.39, 0.29) is 48.2 Å². The van der Waals surface area contributed by atoms with E-state index in [0.29, 0.717) is 13.1 Å². The highest BCUT2D eigenvalue weighted by molar-refractivity contribution is 7.91. The molecule has 1 aliphatic heterocycles. The van der Waals surface area contributed by atoms with Crippen molar-refractivity contribution in [3.05, 3.63) is 0 Å². The van der Waals surface area contributed by atoms with E-state index in [2.05, 4.69) is 0 Å². The van der Waals surface area contributed by atoms with Gasteiger partial charge in [-0.3, -0.25) is 4.79 Å². The lowest BCUT2D eigenvalue weighted by molar-refractivity contribution is -0.131. The van der Waals surface area contributed by atoms with E-state index in [0.717, 1.165) is 12.8 Å². The van der Waals surface area contributed by atoms with Crippen molar-refractivity contribution >= 4 is 28.2 Å². The maximum atomic E-state index is 11.9. The summed E-state index contributed by atoms with van der Waals surface area (Å²) in [4.78, 5) is 13.6. The molecule has 1 atom stereocenters. The monoisotopic (exact) mass is 312 g/mol. The number of hydrogen-bond donors (Lipinski definition) is 1. The number of hydrogen-bond acceptors (Lipinski definition) is 4. The van der Waals surface area contributed by atoms with Gasteiger partial charge in [-0.2, -0.15) is 0 Å². The van der Waals surface area contributed by atoms with Crippen LogP contribution >= 0.6 is 12.4 Å². The second kappa shape index (κ2) is 8.07. The van der Waals surface area contributed by atoms with Crippen molar-refractivity contribution in [3.63, 3.8) is 0 Å². The summed E-state index contributed by atoms with van der Waals surface area (Å²) in [5.41, 5.74) is 5.80. The molecule has 7 heteroatoms. The zero-order valence-corrected chi connectivity index (χ0v) is 13.3. The first-order chi connectivity index (χ1) is 8.30. The van der Waals surface area contributed by atoms with Gasteiger partial charge in [-0.05, 0) is 18.8 Å². The molecule has 114 valence electrons. The van der Waals surface area contributed by atoms with Gasteiger partial charge >= 0.3 is 0 Å². The van der Waals surface area contributed by atoms with E-state index in [1.165, 1.54) is 0 Å². The van der Waals surface area contributed by atoms with Gasteiger partial charge < -0.3 is 10.6 Å². The van der Waals surface area contributed by atoms with Crippen molar-refractivity contribution in [1.29, 1.82) is 0 Å². The molecule has 0 bridgehead atoms. The molecule has 1 rings (SSSR count). The van der Waals surface area contributed by atoms with Gasteiger partial charge in [-0.25, -0.2) is 8.42 Å². The minimum Gasteiger partial charge on any atom is -0.341 e. The molecule has 0 aromatic heterocycles. The van der Waals surface area contributed by atoms with Gasteiger partial charge in [-0.1, -0.05) is 13.8 Å². The Hall–Kier alpha value is -0.330. The summed E-state index contributed by atoms with van der Waals surface area (Å²) < 4.78 is 23.4. The van der Waals surface area contributed by atoms with E-state index in [1.54, 1.807) is 4.90 Å². The molecule has 1 amide bonds. The number of amides is 1. The van der Waals surface area contributed by atoms with Crippen LogP contribution in [0.15, 0.2) is 0 Å². The number of nitrogens with two attached hydrogens (primary N) is 1. The van der Waals surface area contributed by atoms with Gasteiger partial charge in [0.05, 0.1) is 11.5 Å². The maximum Gasteiger partial charge on any atom is 0.223 e. The normalized spacial score (nSPS) is 20.2. The zero-order valence-electron chi connectivity index (χ0n) is 11.7. The van der Waals surface area contributed by atoms with E-state index in [4.69, 9.17) is 5.73 Å². The van der Waals surface area contributed by atoms with Gasteiger partial charge in [0.15, 0.2) is 9.84 Å². The molecule has 1 heterocycles. The Morgan fingerprint density at radius 3 is 2.58 bits per heavy atom. The molecular weight excluding hydrogens is 288 g/mol. The SMILES string of the molecule is CC(C)CS(=O)(=O)CCC(=O)N1CCCC(N)C1.Cl. The molecular formula is C12H25ClN2O3S. The van der Waals surface area contributed by atoms with Crippen molar-refractivity contribution < 1.29 is 13.2 Å². The molecule has 5 nitrogen and oxygen atoms in total. The quantitative estimate of drug-likeness (QED) is 0.815. The van der Waals surface area contributed by atoms with E-state index >= 15 is 0 Å². The third-order valence-electron chi connectivity index (χ3n) is 3.02. The standard InChI is InChI=1S/C12H24N2O3S.ClH/c1-10(2)9-18(16,17)7-5-12(15)14-6-3-4-11(13)8-14;/h10-11H,3-9,13H2,1-2H3;1H. The Kier molecular flexibility index (Phi) is 7.93. The van der Waals surface area contributed by atoms with Crippen molar-refractivity contribution in [2.75, 3.05) is 24.6 Å². The van der Waals surface area contributed by atoms with Gasteiger partial charge in [0.1, 0.15) is 0 Å². The average molecular weight is 313 g/mol. The van der Waals surface area contributed by atoms with Crippen LogP contribution < -0.4 is 5.73 Å². The molecule has 1 saturated heterocycles. The van der Waals surface area contributed by atoms with E-state index in [1.807, 2.05) is 13.8 Å². The molecule has 1 unspecified atom stereocenters. The van der Waals surface area contributed by atoms with Gasteiger partial charge in [0, 0.05) is 25.6 Å². The first-order valence-electron chi connectivity index (χ1n) is 6.54. The number of rotatable bonds is 5. The minimum absolute atomic E-state index is 0. The van der Waals surface area contributed by atoms with Crippen molar-refractivity contribution in [1.82, 2.24) is 4.90 Å². The summed E-state index contributed by atoms with van der Waals surface area (Å²) >= 11 is 0. The summed E-state index contributed by atoms with van der Waals surface area (Å²) in [5.74, 6) is 0.126. The fraction of sp³-hybridized carbons (Fsp3) is 0.917. The van der Waals surface area contributed by atoms with Crippen molar-refractivity contribution in [2.24, 2.45) is 11.7 Å². The molecule has 0 spiro atoms. The average Bonchev–Trinajstić information content (AvgIpc) is 2.24. The minimum atomic E-state index is -3.11. The third kappa shape index (κ3) is 7.13. The second-order valence-electron chi connectivity index (χ2n) is 5.50. The molecule has 0 aromatic rings. The number of likely N-dealkylation sites (tertiary alicyclic amines) is 1. The van der Waals surface area contributed by atoms with Crippen molar-refractivity contribution in [2.45, 2.75) is 39.2 Å². The smallest absolute Gasteiger partial charge is 0.223 e. The number of carbonyl (C=O) groups is 1. The van der Waals surface area contributed by atoms with E-state index in [9.17, 15) is 13.2 Å². The largest absolute Gasteiger partial charge is 0.341 e. The molecule has 2 N–H and O–H groups in total. The summed E-state index contributed by atoms with van der Waals surface area (Å²) in [6.07, 6.45) is 1.93. The number of nitrogens with zero attached hydrogens (tertiary/aromatic N) is 1. The fourth-order valence-corrected chi connectivity index (χ4v) is 3.90. The first kappa shape index (κ1) is 18.7. The summed E-state index contributed by atoms with van der Waals surface area (Å²) in [5, 5.41) is 0. The fourth-order valence-electron chi connectivity index (χ4n) is 2.23. The Morgan fingerprint density at radius 2 is 2.05 bits per heavy atom. The van der Waals surface area contributed by atoms with Crippen LogP contribution in [0.5, 0.6) is 0 Å². The lowest BCUT2D eigenvalue weighted by Gasteiger charge is -2.30. The Bertz CT molecular complexity index is 384. The van der Waals surface area contributed by atoms with Crippen LogP contribution in [-0.2, 0) is 14.6 Å². The predicted octanol–water partition coefficient (Wildman–Crippen LogP) is 0.819. The first-order valence-corrected chi connectivity index (χ1v) is 8.36. The van der Waals surface area contributed by atoms with Crippen LogP contribution in [0.25, 0.3) is 0 Å². The van der Waals surface area contributed by atoms with Crippen LogP contribution in [0, 0.1) is 5.92 Å². The highest BCUT2D eigenvalue weighted by Gasteiger charge is 2.23. The van der Waals surface area contributed by atoms with Gasteiger partial charge in [0.2, 0.25) is 5.91 Å². The van der Waals surface area contributed by atoms with Crippen LogP contribution in [0.2, 0.25) is 0 Å². The van der Waals surface area contributed by atoms with Crippen molar-refractivity contribution in [3.8, 4) is 0 Å². The summed E-state index contributed by atoms with van der Waals surface area (Å²) in [6, 6.07) is 0.0370. The lowest BCUT2D eigenvalue weighted by atomic mass is 10.1. The van der Waals surface area contributed by atoms with Crippen LogP contribution in [-0.4, -0.2) is 49.9 Å². The zero-order chi connectivity index (χ0) is 13.8. The third-order valence-corrected chi connectivity index (χ3v) is 5.03. The summed E-state index contributed by atoms with van der Waals surface area (Å²) in [6.45, 7) is 4.99. The number of piperidine rings is 1. The second-order valence-corrected chi connectivity index (χ2v) is 7.73. The number of carbonyl (C=O) groups excluding carboxylic acids is 1. The molecule has 0 radical (unpaired) electrons. The molecule has 0 aromatic carbocycles. The topological polar surface area (TPSA) is 80.5 Å². The highest BCUT2D eigenvalue weighted by atomic mass is 35.5. The molecule has 1 aliphatic rings. The molecule has 19 heavy (non-hydrogen) atoms. The van der Waals surface area contributed by atoms with Gasteiger partial charge in [-0.15, -0.1) is 12.4 Å². The van der Waals surface area contributed by atoms with Crippen LogP contribution in [0.1, 0.15) is 33.1 Å². The van der Waals surface area contributed by atoms with E-state index < -0.39 is 9.84 Å². The molecule has 0 aliphatic carbocycles. The predicted molar refractivity (Wildman–Crippen MR) is 79.1 cm³/mol. The Labute approximate surface area is 122 Å². The van der Waals surface area contributed by atoms with Crippen LogP contribution in [0.4, 0.5) is 0 Å². The van der Waals surface area contributed by atoms with Gasteiger partial charge in [0.25, 0.3) is 0 Å². The number of sulfone groups is 1.